The summed E-state index contributed by atoms with van der Waals surface area (Å²) in [5.74, 6) is 0. The number of hydrogen-bond acceptors (Lipinski definition) is 3. The first kappa shape index (κ1) is 16.2. The lowest BCUT2D eigenvalue weighted by atomic mass is 10.0. The third-order valence-corrected chi connectivity index (χ3v) is 3.72. The van der Waals surface area contributed by atoms with Gasteiger partial charge >= 0.3 is 0 Å². The molecule has 0 N–H and O–H groups in total. The number of nitrogens with zero attached hydrogens (tertiary/aromatic N) is 1. The molecule has 0 aliphatic carbocycles. The van der Waals surface area contributed by atoms with Crippen molar-refractivity contribution in [1.29, 1.82) is 0 Å². The number of carbonyl (C=O) groups excluding carboxylic acids is 1. The van der Waals surface area contributed by atoms with Crippen molar-refractivity contribution in [2.24, 2.45) is 0 Å². The summed E-state index contributed by atoms with van der Waals surface area (Å²) in [7, 11) is 1.63. The predicted molar refractivity (Wildman–Crippen MR) is 87.5 cm³/mol. The van der Waals surface area contributed by atoms with Gasteiger partial charge in [0.1, 0.15) is 0 Å². The highest BCUT2D eigenvalue weighted by Gasteiger charge is 2.12. The van der Waals surface area contributed by atoms with E-state index in [1.807, 2.05) is 32.0 Å². The molecule has 1 aromatic carbocycles. The van der Waals surface area contributed by atoms with Crippen LogP contribution in [0.1, 0.15) is 27.9 Å². The summed E-state index contributed by atoms with van der Waals surface area (Å²) in [4.78, 5) is 23.5. The zero-order chi connectivity index (χ0) is 16.1. The van der Waals surface area contributed by atoms with E-state index in [-0.39, 0.29) is 11.1 Å². The SMILES string of the molecule is COCCCn1c(-c2ccc(C)cc2C)ccc(C=O)c1=O. The molecule has 0 bridgehead atoms. The Morgan fingerprint density at radius 2 is 1.95 bits per heavy atom. The van der Waals surface area contributed by atoms with E-state index < -0.39 is 0 Å². The summed E-state index contributed by atoms with van der Waals surface area (Å²) >= 11 is 0. The third kappa shape index (κ3) is 3.34. The van der Waals surface area contributed by atoms with E-state index in [4.69, 9.17) is 4.74 Å². The quantitative estimate of drug-likeness (QED) is 0.608. The van der Waals surface area contributed by atoms with E-state index in [1.54, 1.807) is 17.7 Å². The van der Waals surface area contributed by atoms with E-state index in [9.17, 15) is 9.59 Å². The number of methoxy groups -OCH3 is 1. The molecule has 1 heterocycles. The van der Waals surface area contributed by atoms with Crippen molar-refractivity contribution >= 4 is 6.29 Å². The first-order valence-corrected chi connectivity index (χ1v) is 7.34. The Bertz CT molecular complexity index is 732. The van der Waals surface area contributed by atoms with E-state index in [0.29, 0.717) is 19.4 Å². The molecule has 0 aliphatic rings. The van der Waals surface area contributed by atoms with Gasteiger partial charge in [-0.2, -0.15) is 0 Å². The number of hydrogen-bond donors (Lipinski definition) is 0. The number of rotatable bonds is 6. The molecule has 4 nitrogen and oxygen atoms in total. The molecule has 4 heteroatoms. The molecule has 0 atom stereocenters. The van der Waals surface area contributed by atoms with Crippen LogP contribution in [-0.4, -0.2) is 24.6 Å². The van der Waals surface area contributed by atoms with Crippen LogP contribution in [0.3, 0.4) is 0 Å². The standard InChI is InChI=1S/C18H21NO3/c1-13-5-7-16(14(2)11-13)17-8-6-15(12-20)18(21)19(17)9-4-10-22-3/h5-8,11-12H,4,9-10H2,1-3H3. The Hall–Kier alpha value is -2.20. The van der Waals surface area contributed by atoms with Gasteiger partial charge < -0.3 is 9.30 Å². The molecule has 2 rings (SSSR count). The maximum atomic E-state index is 12.5. The zero-order valence-corrected chi connectivity index (χ0v) is 13.3. The van der Waals surface area contributed by atoms with Crippen LogP contribution in [0, 0.1) is 13.8 Å². The Labute approximate surface area is 130 Å². The zero-order valence-electron chi connectivity index (χ0n) is 13.3. The highest BCUT2D eigenvalue weighted by atomic mass is 16.5. The van der Waals surface area contributed by atoms with Crippen molar-refractivity contribution < 1.29 is 9.53 Å². The molecule has 0 amide bonds. The molecule has 116 valence electrons. The van der Waals surface area contributed by atoms with Crippen molar-refractivity contribution in [1.82, 2.24) is 4.57 Å². The normalized spacial score (nSPS) is 10.7. The molecular formula is C18H21NO3. The minimum absolute atomic E-state index is 0.186. The number of benzene rings is 1. The van der Waals surface area contributed by atoms with Crippen molar-refractivity contribution in [2.75, 3.05) is 13.7 Å². The van der Waals surface area contributed by atoms with Gasteiger partial charge in [0, 0.05) is 25.8 Å². The molecule has 0 unspecified atom stereocenters. The van der Waals surface area contributed by atoms with Gasteiger partial charge in [0.05, 0.1) is 11.3 Å². The van der Waals surface area contributed by atoms with Gasteiger partial charge in [-0.25, -0.2) is 0 Å². The fraction of sp³-hybridized carbons (Fsp3) is 0.333. The lowest BCUT2D eigenvalue weighted by Gasteiger charge is -2.15. The lowest BCUT2D eigenvalue weighted by molar-refractivity contribution is 0.112. The predicted octanol–water partition coefficient (Wildman–Crippen LogP) is 2.98. The molecule has 2 aromatic rings. The summed E-state index contributed by atoms with van der Waals surface area (Å²) < 4.78 is 6.73. The summed E-state index contributed by atoms with van der Waals surface area (Å²) in [6.07, 6.45) is 1.33. The summed E-state index contributed by atoms with van der Waals surface area (Å²) in [5, 5.41) is 0. The van der Waals surface area contributed by atoms with Gasteiger partial charge in [-0.15, -0.1) is 0 Å². The number of aromatic nitrogens is 1. The van der Waals surface area contributed by atoms with E-state index in [2.05, 4.69) is 6.07 Å². The van der Waals surface area contributed by atoms with Gasteiger partial charge in [-0.3, -0.25) is 9.59 Å². The Balaban J connectivity index is 2.56. The number of carbonyl (C=O) groups is 1. The minimum atomic E-state index is -0.247. The van der Waals surface area contributed by atoms with E-state index >= 15 is 0 Å². The number of ether oxygens (including phenoxy) is 1. The first-order valence-electron chi connectivity index (χ1n) is 7.34. The minimum Gasteiger partial charge on any atom is -0.385 e. The van der Waals surface area contributed by atoms with E-state index in [0.717, 1.165) is 23.2 Å². The van der Waals surface area contributed by atoms with Crippen molar-refractivity contribution in [3.63, 3.8) is 0 Å². The molecule has 22 heavy (non-hydrogen) atoms. The van der Waals surface area contributed by atoms with Crippen LogP contribution in [0.4, 0.5) is 0 Å². The maximum absolute atomic E-state index is 12.5. The van der Waals surface area contributed by atoms with Crippen LogP contribution in [-0.2, 0) is 11.3 Å². The maximum Gasteiger partial charge on any atom is 0.261 e. The van der Waals surface area contributed by atoms with Crippen molar-refractivity contribution in [2.45, 2.75) is 26.8 Å². The van der Waals surface area contributed by atoms with E-state index in [1.165, 1.54) is 5.56 Å². The van der Waals surface area contributed by atoms with Crippen LogP contribution in [0.5, 0.6) is 0 Å². The second kappa shape index (κ2) is 7.18. The smallest absolute Gasteiger partial charge is 0.261 e. The van der Waals surface area contributed by atoms with Gasteiger partial charge in [-0.05, 0) is 38.0 Å². The second-order valence-corrected chi connectivity index (χ2v) is 5.41. The largest absolute Gasteiger partial charge is 0.385 e. The molecule has 0 fully saturated rings. The van der Waals surface area contributed by atoms with Crippen LogP contribution in [0.15, 0.2) is 35.1 Å². The summed E-state index contributed by atoms with van der Waals surface area (Å²) in [5.41, 5.74) is 4.08. The fourth-order valence-electron chi connectivity index (χ4n) is 2.61. The molecular weight excluding hydrogens is 278 g/mol. The Kier molecular flexibility index (Phi) is 5.28. The number of pyridine rings is 1. The second-order valence-electron chi connectivity index (χ2n) is 5.41. The van der Waals surface area contributed by atoms with Gasteiger partial charge in [0.15, 0.2) is 6.29 Å². The Morgan fingerprint density at radius 1 is 1.18 bits per heavy atom. The average Bonchev–Trinajstić information content (AvgIpc) is 2.49. The summed E-state index contributed by atoms with van der Waals surface area (Å²) in [6, 6.07) is 9.58. The lowest BCUT2D eigenvalue weighted by Crippen LogP contribution is -2.25. The topological polar surface area (TPSA) is 48.3 Å². The molecule has 0 aliphatic heterocycles. The van der Waals surface area contributed by atoms with Crippen LogP contribution >= 0.6 is 0 Å². The van der Waals surface area contributed by atoms with Gasteiger partial charge in [-0.1, -0.05) is 23.8 Å². The van der Waals surface area contributed by atoms with Crippen LogP contribution in [0.2, 0.25) is 0 Å². The highest BCUT2D eigenvalue weighted by molar-refractivity contribution is 5.75. The number of aldehydes is 1. The monoisotopic (exact) mass is 299 g/mol. The summed E-state index contributed by atoms with van der Waals surface area (Å²) in [6.45, 7) is 5.17. The van der Waals surface area contributed by atoms with Crippen molar-refractivity contribution in [3.05, 3.63) is 57.4 Å². The van der Waals surface area contributed by atoms with Crippen LogP contribution < -0.4 is 5.56 Å². The average molecular weight is 299 g/mol. The first-order chi connectivity index (χ1) is 10.6. The Morgan fingerprint density at radius 3 is 2.59 bits per heavy atom. The molecule has 0 saturated heterocycles. The van der Waals surface area contributed by atoms with Gasteiger partial charge in [0.2, 0.25) is 0 Å². The molecule has 0 radical (unpaired) electrons. The third-order valence-electron chi connectivity index (χ3n) is 3.72. The fourth-order valence-corrected chi connectivity index (χ4v) is 2.61. The number of aryl methyl sites for hydroxylation is 2. The highest BCUT2D eigenvalue weighted by Crippen LogP contribution is 2.23. The molecule has 0 saturated carbocycles. The van der Waals surface area contributed by atoms with Crippen molar-refractivity contribution in [3.8, 4) is 11.3 Å². The van der Waals surface area contributed by atoms with Crippen LogP contribution in [0.25, 0.3) is 11.3 Å². The molecule has 1 aromatic heterocycles. The molecule has 0 spiro atoms. The van der Waals surface area contributed by atoms with Gasteiger partial charge in [0.25, 0.3) is 5.56 Å².